The topological polar surface area (TPSA) is 45.2 Å². The van der Waals surface area contributed by atoms with Gasteiger partial charge in [-0.2, -0.15) is 0 Å². The molecular formula is C15H23N3O. The number of amides is 1. The lowest BCUT2D eigenvalue weighted by Gasteiger charge is -2.21. The highest BCUT2D eigenvalue weighted by atomic mass is 16.2. The number of hydrogen-bond acceptors (Lipinski definition) is 3. The van der Waals surface area contributed by atoms with E-state index < -0.39 is 0 Å². The summed E-state index contributed by atoms with van der Waals surface area (Å²) in [6.07, 6.45) is 7.00. The molecule has 0 saturated heterocycles. The number of nitrogens with zero attached hydrogens (tertiary/aromatic N) is 2. The van der Waals surface area contributed by atoms with Crippen LogP contribution >= 0.6 is 0 Å². The zero-order valence-corrected chi connectivity index (χ0v) is 12.0. The van der Waals surface area contributed by atoms with Gasteiger partial charge in [0.25, 0.3) is 5.91 Å². The van der Waals surface area contributed by atoms with Crippen LogP contribution in [0.4, 0.5) is 5.69 Å². The second-order valence-corrected chi connectivity index (χ2v) is 5.61. The summed E-state index contributed by atoms with van der Waals surface area (Å²) in [4.78, 5) is 17.6. The number of nitrogens with one attached hydrogen (secondary N) is 1. The molecule has 1 aromatic heterocycles. The maximum Gasteiger partial charge on any atom is 0.272 e. The van der Waals surface area contributed by atoms with Crippen molar-refractivity contribution in [2.24, 2.45) is 5.92 Å². The quantitative estimate of drug-likeness (QED) is 0.906. The lowest BCUT2D eigenvalue weighted by Crippen LogP contribution is -2.25. The standard InChI is InChI=1S/C15H23N3O/c1-11(12-6-4-5-7-12)17-13-8-9-16-14(10-13)15(19)18(2)3/h8-12H,4-7H2,1-3H3,(H,16,17). The van der Waals surface area contributed by atoms with Crippen molar-refractivity contribution in [2.75, 3.05) is 19.4 Å². The van der Waals surface area contributed by atoms with Crippen LogP contribution in [0.1, 0.15) is 43.1 Å². The molecule has 1 unspecified atom stereocenters. The molecular weight excluding hydrogens is 238 g/mol. The van der Waals surface area contributed by atoms with Gasteiger partial charge in [-0.15, -0.1) is 0 Å². The van der Waals surface area contributed by atoms with Gasteiger partial charge in [0.05, 0.1) is 0 Å². The molecule has 1 heterocycles. The monoisotopic (exact) mass is 261 g/mol. The van der Waals surface area contributed by atoms with Gasteiger partial charge in [0, 0.05) is 32.0 Å². The summed E-state index contributed by atoms with van der Waals surface area (Å²) in [6, 6.07) is 4.22. The summed E-state index contributed by atoms with van der Waals surface area (Å²) >= 11 is 0. The molecule has 2 rings (SSSR count). The number of carbonyl (C=O) groups excluding carboxylic acids is 1. The van der Waals surface area contributed by atoms with Crippen molar-refractivity contribution in [3.05, 3.63) is 24.0 Å². The summed E-state index contributed by atoms with van der Waals surface area (Å²) in [6.45, 7) is 2.23. The third-order valence-electron chi connectivity index (χ3n) is 3.89. The predicted molar refractivity (Wildman–Crippen MR) is 77.3 cm³/mol. The van der Waals surface area contributed by atoms with Gasteiger partial charge in [0.15, 0.2) is 0 Å². The SMILES string of the molecule is CC(Nc1ccnc(C(=O)N(C)C)c1)C1CCCC1. The minimum atomic E-state index is -0.0582. The highest BCUT2D eigenvalue weighted by molar-refractivity contribution is 5.92. The molecule has 1 atom stereocenters. The molecule has 1 aliphatic rings. The van der Waals surface area contributed by atoms with Crippen LogP contribution in [-0.4, -0.2) is 35.9 Å². The normalized spacial score (nSPS) is 17.2. The van der Waals surface area contributed by atoms with E-state index in [0.717, 1.165) is 11.6 Å². The minimum absolute atomic E-state index is 0.0582. The summed E-state index contributed by atoms with van der Waals surface area (Å²) in [5.41, 5.74) is 1.48. The Labute approximate surface area is 115 Å². The molecule has 104 valence electrons. The lowest BCUT2D eigenvalue weighted by atomic mass is 9.99. The molecule has 4 heteroatoms. The third-order valence-corrected chi connectivity index (χ3v) is 3.89. The van der Waals surface area contributed by atoms with Crippen molar-refractivity contribution in [1.29, 1.82) is 0 Å². The molecule has 0 aliphatic heterocycles. The van der Waals surface area contributed by atoms with Crippen molar-refractivity contribution in [3.8, 4) is 0 Å². The van der Waals surface area contributed by atoms with E-state index >= 15 is 0 Å². The summed E-state index contributed by atoms with van der Waals surface area (Å²) in [7, 11) is 3.48. The molecule has 1 amide bonds. The Morgan fingerprint density at radius 1 is 1.42 bits per heavy atom. The molecule has 19 heavy (non-hydrogen) atoms. The lowest BCUT2D eigenvalue weighted by molar-refractivity contribution is 0.0822. The number of carbonyl (C=O) groups is 1. The summed E-state index contributed by atoms with van der Waals surface area (Å²) in [5.74, 6) is 0.693. The van der Waals surface area contributed by atoms with Crippen molar-refractivity contribution in [3.63, 3.8) is 0 Å². The van der Waals surface area contributed by atoms with E-state index in [1.54, 1.807) is 25.2 Å². The van der Waals surface area contributed by atoms with Crippen LogP contribution < -0.4 is 5.32 Å². The largest absolute Gasteiger partial charge is 0.382 e. The van der Waals surface area contributed by atoms with E-state index in [4.69, 9.17) is 0 Å². The highest BCUT2D eigenvalue weighted by Gasteiger charge is 2.21. The Balaban J connectivity index is 2.04. The molecule has 1 aromatic rings. The Hall–Kier alpha value is -1.58. The van der Waals surface area contributed by atoms with E-state index in [1.165, 1.54) is 25.7 Å². The maximum absolute atomic E-state index is 11.9. The van der Waals surface area contributed by atoms with Crippen LogP contribution in [0, 0.1) is 5.92 Å². The Morgan fingerprint density at radius 2 is 2.11 bits per heavy atom. The van der Waals surface area contributed by atoms with Gasteiger partial charge >= 0.3 is 0 Å². The van der Waals surface area contributed by atoms with E-state index in [0.29, 0.717) is 11.7 Å². The van der Waals surface area contributed by atoms with Crippen LogP contribution in [-0.2, 0) is 0 Å². The zero-order chi connectivity index (χ0) is 13.8. The molecule has 1 N–H and O–H groups in total. The van der Waals surface area contributed by atoms with Crippen LogP contribution in [0.15, 0.2) is 18.3 Å². The van der Waals surface area contributed by atoms with Gasteiger partial charge in [-0.25, -0.2) is 0 Å². The van der Waals surface area contributed by atoms with Crippen molar-refractivity contribution < 1.29 is 4.79 Å². The molecule has 0 radical (unpaired) electrons. The second kappa shape index (κ2) is 6.04. The first kappa shape index (κ1) is 13.8. The van der Waals surface area contributed by atoms with Crippen molar-refractivity contribution in [1.82, 2.24) is 9.88 Å². The van der Waals surface area contributed by atoms with E-state index in [2.05, 4.69) is 17.2 Å². The molecule has 0 bridgehead atoms. The van der Waals surface area contributed by atoms with Crippen LogP contribution in [0.3, 0.4) is 0 Å². The average molecular weight is 261 g/mol. The number of hydrogen-bond donors (Lipinski definition) is 1. The van der Waals surface area contributed by atoms with Gasteiger partial charge < -0.3 is 10.2 Å². The van der Waals surface area contributed by atoms with Gasteiger partial charge in [0.2, 0.25) is 0 Å². The first-order valence-electron chi connectivity index (χ1n) is 7.02. The van der Waals surface area contributed by atoms with Crippen LogP contribution in [0.2, 0.25) is 0 Å². The van der Waals surface area contributed by atoms with E-state index in [9.17, 15) is 4.79 Å². The van der Waals surface area contributed by atoms with Gasteiger partial charge in [-0.1, -0.05) is 12.8 Å². The van der Waals surface area contributed by atoms with Crippen LogP contribution in [0.25, 0.3) is 0 Å². The fraction of sp³-hybridized carbons (Fsp3) is 0.600. The first-order chi connectivity index (χ1) is 9.08. The fourth-order valence-electron chi connectivity index (χ4n) is 2.70. The number of rotatable bonds is 4. The molecule has 0 spiro atoms. The molecule has 4 nitrogen and oxygen atoms in total. The third kappa shape index (κ3) is 3.46. The first-order valence-corrected chi connectivity index (χ1v) is 7.02. The second-order valence-electron chi connectivity index (χ2n) is 5.61. The highest BCUT2D eigenvalue weighted by Crippen LogP contribution is 2.29. The number of aromatic nitrogens is 1. The Morgan fingerprint density at radius 3 is 2.74 bits per heavy atom. The zero-order valence-electron chi connectivity index (χ0n) is 12.0. The minimum Gasteiger partial charge on any atom is -0.382 e. The molecule has 0 aromatic carbocycles. The maximum atomic E-state index is 11.9. The smallest absolute Gasteiger partial charge is 0.272 e. The number of anilines is 1. The Kier molecular flexibility index (Phi) is 4.40. The molecule has 1 fully saturated rings. The Bertz CT molecular complexity index is 439. The summed E-state index contributed by atoms with van der Waals surface area (Å²) in [5, 5.41) is 3.51. The van der Waals surface area contributed by atoms with Crippen LogP contribution in [0.5, 0.6) is 0 Å². The van der Waals surface area contributed by atoms with Crippen molar-refractivity contribution >= 4 is 11.6 Å². The molecule has 1 saturated carbocycles. The van der Waals surface area contributed by atoms with Gasteiger partial charge in [0.1, 0.15) is 5.69 Å². The van der Waals surface area contributed by atoms with E-state index in [-0.39, 0.29) is 5.91 Å². The van der Waals surface area contributed by atoms with Crippen molar-refractivity contribution in [2.45, 2.75) is 38.6 Å². The van der Waals surface area contributed by atoms with E-state index in [1.807, 2.05) is 12.1 Å². The predicted octanol–water partition coefficient (Wildman–Crippen LogP) is 2.77. The number of pyridine rings is 1. The molecule has 1 aliphatic carbocycles. The summed E-state index contributed by atoms with van der Waals surface area (Å²) < 4.78 is 0. The fourth-order valence-corrected chi connectivity index (χ4v) is 2.70. The van der Waals surface area contributed by atoms with Gasteiger partial charge in [-0.3, -0.25) is 9.78 Å². The van der Waals surface area contributed by atoms with Gasteiger partial charge in [-0.05, 0) is 37.8 Å². The average Bonchev–Trinajstić information content (AvgIpc) is 2.92.